The van der Waals surface area contributed by atoms with Crippen molar-refractivity contribution in [1.29, 1.82) is 0 Å². The maximum Gasteiger partial charge on any atom is 0.167 e. The molecule has 0 bridgehead atoms. The zero-order valence-corrected chi connectivity index (χ0v) is 12.3. The molecule has 0 saturated heterocycles. The Balaban J connectivity index is 2.34. The molecule has 1 N–H and O–H groups in total. The van der Waals surface area contributed by atoms with Crippen LogP contribution in [-0.2, 0) is 6.54 Å². The van der Waals surface area contributed by atoms with Gasteiger partial charge in [-0.25, -0.2) is 4.39 Å². The van der Waals surface area contributed by atoms with Crippen LogP contribution in [0.2, 0.25) is 5.02 Å². The van der Waals surface area contributed by atoms with Gasteiger partial charge in [0.2, 0.25) is 0 Å². The number of hydrogen-bond acceptors (Lipinski definition) is 2. The first kappa shape index (κ1) is 14.8. The van der Waals surface area contributed by atoms with Crippen molar-refractivity contribution in [1.82, 2.24) is 5.32 Å². The highest BCUT2D eigenvalue weighted by Gasteiger charge is 2.12. The van der Waals surface area contributed by atoms with Gasteiger partial charge in [-0.05, 0) is 37.2 Å². The zero-order chi connectivity index (χ0) is 14.5. The number of halogens is 2. The normalized spacial score (nSPS) is 10.6. The molecule has 2 nitrogen and oxygen atoms in total. The van der Waals surface area contributed by atoms with E-state index >= 15 is 0 Å². The lowest BCUT2D eigenvalue weighted by Gasteiger charge is -2.14. The van der Waals surface area contributed by atoms with E-state index in [-0.39, 0.29) is 11.6 Å². The van der Waals surface area contributed by atoms with Crippen LogP contribution in [0.3, 0.4) is 0 Å². The average molecular weight is 294 g/mol. The fraction of sp³-hybridized carbons (Fsp3) is 0.250. The predicted molar refractivity (Wildman–Crippen MR) is 80.0 cm³/mol. The monoisotopic (exact) mass is 293 g/mol. The molecule has 0 amide bonds. The summed E-state index contributed by atoms with van der Waals surface area (Å²) >= 11 is 5.96. The first-order valence-electron chi connectivity index (χ1n) is 6.54. The average Bonchev–Trinajstić information content (AvgIpc) is 2.43. The van der Waals surface area contributed by atoms with Gasteiger partial charge in [0.15, 0.2) is 11.6 Å². The molecule has 0 fully saturated rings. The van der Waals surface area contributed by atoms with Gasteiger partial charge in [0, 0.05) is 17.1 Å². The molecule has 0 aliphatic heterocycles. The van der Waals surface area contributed by atoms with Crippen LogP contribution in [-0.4, -0.2) is 6.54 Å². The molecule has 4 heteroatoms. The Morgan fingerprint density at radius 3 is 2.80 bits per heavy atom. The summed E-state index contributed by atoms with van der Waals surface area (Å²) in [5, 5.41) is 3.74. The van der Waals surface area contributed by atoms with E-state index in [0.29, 0.717) is 17.3 Å². The minimum Gasteiger partial charge on any atom is -0.454 e. The molecule has 2 aromatic rings. The second kappa shape index (κ2) is 6.73. The van der Waals surface area contributed by atoms with Crippen LogP contribution >= 0.6 is 11.6 Å². The predicted octanol–water partition coefficient (Wildman–Crippen LogP) is 4.69. The van der Waals surface area contributed by atoms with E-state index in [9.17, 15) is 4.39 Å². The molecular weight excluding hydrogens is 277 g/mol. The molecule has 0 spiro atoms. The molecule has 0 atom stereocenters. The van der Waals surface area contributed by atoms with E-state index < -0.39 is 0 Å². The number of rotatable bonds is 5. The van der Waals surface area contributed by atoms with Crippen LogP contribution in [0.15, 0.2) is 36.4 Å². The molecular formula is C16H17ClFNO. The van der Waals surface area contributed by atoms with Gasteiger partial charge in [-0.2, -0.15) is 0 Å². The minimum absolute atomic E-state index is 0.249. The lowest BCUT2D eigenvalue weighted by molar-refractivity contribution is 0.431. The third-order valence-electron chi connectivity index (χ3n) is 2.98. The van der Waals surface area contributed by atoms with Crippen molar-refractivity contribution in [3.63, 3.8) is 0 Å². The summed E-state index contributed by atoms with van der Waals surface area (Å²) in [6.07, 6.45) is 0. The molecule has 0 aromatic heterocycles. The summed E-state index contributed by atoms with van der Waals surface area (Å²) in [6, 6.07) is 10.2. The van der Waals surface area contributed by atoms with Gasteiger partial charge < -0.3 is 10.1 Å². The Labute approximate surface area is 123 Å². The lowest BCUT2D eigenvalue weighted by atomic mass is 10.1. The van der Waals surface area contributed by atoms with Crippen LogP contribution in [0.5, 0.6) is 11.5 Å². The highest BCUT2D eigenvalue weighted by molar-refractivity contribution is 6.30. The van der Waals surface area contributed by atoms with E-state index in [1.165, 1.54) is 6.07 Å². The SMILES string of the molecule is CCNCc1cccc(F)c1Oc1cc(Cl)ccc1C. The summed E-state index contributed by atoms with van der Waals surface area (Å²) < 4.78 is 19.8. The Kier molecular flexibility index (Phi) is 4.99. The van der Waals surface area contributed by atoms with Gasteiger partial charge in [0.05, 0.1) is 0 Å². The third-order valence-corrected chi connectivity index (χ3v) is 3.21. The highest BCUT2D eigenvalue weighted by Crippen LogP contribution is 2.32. The summed E-state index contributed by atoms with van der Waals surface area (Å²) in [6.45, 7) is 5.27. The number of para-hydroxylation sites is 1. The molecule has 0 saturated carbocycles. The van der Waals surface area contributed by atoms with E-state index in [2.05, 4.69) is 5.32 Å². The van der Waals surface area contributed by atoms with E-state index in [4.69, 9.17) is 16.3 Å². The van der Waals surface area contributed by atoms with E-state index in [0.717, 1.165) is 17.7 Å². The van der Waals surface area contributed by atoms with Crippen LogP contribution < -0.4 is 10.1 Å². The smallest absolute Gasteiger partial charge is 0.167 e. The number of aryl methyl sites for hydroxylation is 1. The van der Waals surface area contributed by atoms with Crippen LogP contribution in [0.25, 0.3) is 0 Å². The molecule has 2 aromatic carbocycles. The second-order valence-corrected chi connectivity index (χ2v) is 4.96. The number of ether oxygens (including phenoxy) is 1. The number of benzene rings is 2. The van der Waals surface area contributed by atoms with Crippen molar-refractivity contribution in [3.8, 4) is 11.5 Å². The number of hydrogen-bond donors (Lipinski definition) is 1. The van der Waals surface area contributed by atoms with Gasteiger partial charge in [0.1, 0.15) is 5.75 Å². The highest BCUT2D eigenvalue weighted by atomic mass is 35.5. The summed E-state index contributed by atoms with van der Waals surface area (Å²) in [4.78, 5) is 0. The lowest BCUT2D eigenvalue weighted by Crippen LogP contribution is -2.12. The Bertz CT molecular complexity index is 601. The topological polar surface area (TPSA) is 21.3 Å². The number of nitrogens with one attached hydrogen (secondary N) is 1. The van der Waals surface area contributed by atoms with Crippen LogP contribution in [0.4, 0.5) is 4.39 Å². The van der Waals surface area contributed by atoms with Crippen LogP contribution in [0.1, 0.15) is 18.1 Å². The van der Waals surface area contributed by atoms with Gasteiger partial charge in [0.25, 0.3) is 0 Å². The van der Waals surface area contributed by atoms with Crippen molar-refractivity contribution < 1.29 is 9.13 Å². The second-order valence-electron chi connectivity index (χ2n) is 4.52. The van der Waals surface area contributed by atoms with Crippen LogP contribution in [0, 0.1) is 12.7 Å². The van der Waals surface area contributed by atoms with Crippen molar-refractivity contribution >= 4 is 11.6 Å². The Morgan fingerprint density at radius 1 is 1.25 bits per heavy atom. The third kappa shape index (κ3) is 3.50. The first-order chi connectivity index (χ1) is 9.61. The summed E-state index contributed by atoms with van der Waals surface area (Å²) in [5.74, 6) is 0.443. The molecule has 20 heavy (non-hydrogen) atoms. The zero-order valence-electron chi connectivity index (χ0n) is 11.5. The van der Waals surface area contributed by atoms with Crippen molar-refractivity contribution in [2.75, 3.05) is 6.54 Å². The maximum absolute atomic E-state index is 14.0. The Morgan fingerprint density at radius 2 is 2.05 bits per heavy atom. The molecule has 0 aliphatic carbocycles. The molecule has 0 unspecified atom stereocenters. The summed E-state index contributed by atoms with van der Waals surface area (Å²) in [7, 11) is 0. The fourth-order valence-electron chi connectivity index (χ4n) is 1.86. The van der Waals surface area contributed by atoms with Crippen molar-refractivity contribution in [2.45, 2.75) is 20.4 Å². The van der Waals surface area contributed by atoms with Crippen molar-refractivity contribution in [3.05, 3.63) is 58.4 Å². The molecule has 0 heterocycles. The van der Waals surface area contributed by atoms with Gasteiger partial charge in [-0.3, -0.25) is 0 Å². The van der Waals surface area contributed by atoms with Gasteiger partial charge in [-0.1, -0.05) is 36.7 Å². The fourth-order valence-corrected chi connectivity index (χ4v) is 2.02. The van der Waals surface area contributed by atoms with E-state index in [1.807, 2.05) is 26.0 Å². The standard InChI is InChI=1S/C16H17ClFNO/c1-3-19-10-12-5-4-6-14(18)16(12)20-15-9-13(17)8-7-11(15)2/h4-9,19H,3,10H2,1-2H3. The van der Waals surface area contributed by atoms with Crippen molar-refractivity contribution in [2.24, 2.45) is 0 Å². The van der Waals surface area contributed by atoms with Gasteiger partial charge >= 0.3 is 0 Å². The molecule has 2 rings (SSSR count). The quantitative estimate of drug-likeness (QED) is 0.863. The Hall–Kier alpha value is -1.58. The largest absolute Gasteiger partial charge is 0.454 e. The van der Waals surface area contributed by atoms with Gasteiger partial charge in [-0.15, -0.1) is 0 Å². The molecule has 106 valence electrons. The molecule has 0 aliphatic rings. The minimum atomic E-state index is -0.375. The maximum atomic E-state index is 14.0. The summed E-state index contributed by atoms with van der Waals surface area (Å²) in [5.41, 5.74) is 1.69. The molecule has 0 radical (unpaired) electrons. The van der Waals surface area contributed by atoms with E-state index in [1.54, 1.807) is 18.2 Å². The first-order valence-corrected chi connectivity index (χ1v) is 6.91.